The molecule has 1 fully saturated rings. The molecule has 3 nitrogen and oxygen atoms in total. The third kappa shape index (κ3) is 3.01. The van der Waals surface area contributed by atoms with Crippen LogP contribution in [0.1, 0.15) is 37.6 Å². The van der Waals surface area contributed by atoms with Gasteiger partial charge < -0.3 is 4.90 Å². The zero-order chi connectivity index (χ0) is 14.7. The molecular formula is C16H23FN2O. The number of ketones is 1. The largest absolute Gasteiger partial charge is 0.366 e. The normalized spacial score (nSPS) is 18.1. The lowest BCUT2D eigenvalue weighted by atomic mass is 10.1. The molecule has 1 aromatic carbocycles. The number of nitrogens with zero attached hydrogens (tertiary/aromatic N) is 2. The Kier molecular flexibility index (Phi) is 4.76. The molecule has 0 aliphatic carbocycles. The van der Waals surface area contributed by atoms with Gasteiger partial charge >= 0.3 is 0 Å². The van der Waals surface area contributed by atoms with Gasteiger partial charge in [-0.25, -0.2) is 4.39 Å². The predicted octanol–water partition coefficient (Wildman–Crippen LogP) is 2.95. The summed E-state index contributed by atoms with van der Waals surface area (Å²) in [5, 5.41) is 0. The molecule has 1 aromatic rings. The summed E-state index contributed by atoms with van der Waals surface area (Å²) < 4.78 is 14.1. The first-order chi connectivity index (χ1) is 9.54. The minimum Gasteiger partial charge on any atom is -0.366 e. The van der Waals surface area contributed by atoms with E-state index in [2.05, 4.69) is 18.7 Å². The number of rotatable bonds is 4. The lowest BCUT2D eigenvalue weighted by molar-refractivity contribution is 0.101. The maximum absolute atomic E-state index is 14.1. The summed E-state index contributed by atoms with van der Waals surface area (Å²) in [5.74, 6) is -0.376. The molecule has 1 atom stereocenters. The van der Waals surface area contributed by atoms with Gasteiger partial charge in [-0.1, -0.05) is 13.0 Å². The Bertz CT molecular complexity index is 481. The van der Waals surface area contributed by atoms with Crippen LogP contribution in [0.5, 0.6) is 0 Å². The van der Waals surface area contributed by atoms with E-state index in [1.165, 1.54) is 13.0 Å². The topological polar surface area (TPSA) is 23.6 Å². The molecule has 1 aliphatic heterocycles. The molecular weight excluding hydrogens is 255 g/mol. The van der Waals surface area contributed by atoms with Crippen molar-refractivity contribution in [2.45, 2.75) is 33.2 Å². The van der Waals surface area contributed by atoms with E-state index in [-0.39, 0.29) is 11.6 Å². The van der Waals surface area contributed by atoms with Gasteiger partial charge in [0.1, 0.15) is 5.82 Å². The molecule has 0 spiro atoms. The molecule has 0 amide bonds. The van der Waals surface area contributed by atoms with E-state index in [1.807, 2.05) is 4.90 Å². The molecule has 2 rings (SSSR count). The Morgan fingerprint density at radius 2 is 1.95 bits per heavy atom. The zero-order valence-corrected chi connectivity index (χ0v) is 12.5. The van der Waals surface area contributed by atoms with Gasteiger partial charge in [0.15, 0.2) is 5.78 Å². The zero-order valence-electron chi connectivity index (χ0n) is 12.5. The Labute approximate surface area is 120 Å². The van der Waals surface area contributed by atoms with E-state index in [9.17, 15) is 9.18 Å². The number of para-hydroxylation sites is 1. The quantitative estimate of drug-likeness (QED) is 0.791. The van der Waals surface area contributed by atoms with Gasteiger partial charge in [0, 0.05) is 37.8 Å². The Morgan fingerprint density at radius 1 is 1.30 bits per heavy atom. The minimum atomic E-state index is -0.297. The number of Topliss-reactive ketones (excluding diaryl/α,β-unsaturated/α-hetero) is 1. The first-order valence-corrected chi connectivity index (χ1v) is 7.33. The highest BCUT2D eigenvalue weighted by Gasteiger charge is 2.24. The van der Waals surface area contributed by atoms with Crippen molar-refractivity contribution in [3.05, 3.63) is 29.6 Å². The number of piperazine rings is 1. The fraction of sp³-hybridized carbons (Fsp3) is 0.562. The first kappa shape index (κ1) is 15.0. The molecule has 20 heavy (non-hydrogen) atoms. The van der Waals surface area contributed by atoms with Crippen LogP contribution in [0.25, 0.3) is 0 Å². The summed E-state index contributed by atoms with van der Waals surface area (Å²) in [5.41, 5.74) is 0.964. The SMILES string of the molecule is CCC(C)N1CCN(c2c(F)cccc2C(C)=O)CC1. The van der Waals surface area contributed by atoms with Crippen molar-refractivity contribution < 1.29 is 9.18 Å². The Balaban J connectivity index is 2.17. The lowest BCUT2D eigenvalue weighted by Crippen LogP contribution is -2.50. The van der Waals surface area contributed by atoms with E-state index in [4.69, 9.17) is 0 Å². The number of hydrogen-bond acceptors (Lipinski definition) is 3. The predicted molar refractivity (Wildman–Crippen MR) is 79.9 cm³/mol. The van der Waals surface area contributed by atoms with E-state index < -0.39 is 0 Å². The van der Waals surface area contributed by atoms with Crippen molar-refractivity contribution in [2.75, 3.05) is 31.1 Å². The molecule has 1 saturated heterocycles. The fourth-order valence-electron chi connectivity index (χ4n) is 2.77. The van der Waals surface area contributed by atoms with Gasteiger partial charge in [-0.05, 0) is 32.4 Å². The monoisotopic (exact) mass is 278 g/mol. The summed E-state index contributed by atoms with van der Waals surface area (Å²) in [7, 11) is 0. The molecule has 1 heterocycles. The highest BCUT2D eigenvalue weighted by molar-refractivity contribution is 5.99. The van der Waals surface area contributed by atoms with Gasteiger partial charge in [0.25, 0.3) is 0 Å². The van der Waals surface area contributed by atoms with Crippen molar-refractivity contribution in [3.63, 3.8) is 0 Å². The van der Waals surface area contributed by atoms with Crippen molar-refractivity contribution >= 4 is 11.5 Å². The summed E-state index contributed by atoms with van der Waals surface area (Å²) >= 11 is 0. The van der Waals surface area contributed by atoms with E-state index in [0.717, 1.165) is 32.6 Å². The number of carbonyl (C=O) groups is 1. The average Bonchev–Trinajstić information content (AvgIpc) is 2.46. The van der Waals surface area contributed by atoms with Crippen LogP contribution < -0.4 is 4.90 Å². The fourth-order valence-corrected chi connectivity index (χ4v) is 2.77. The molecule has 1 aliphatic rings. The smallest absolute Gasteiger partial charge is 0.161 e. The van der Waals surface area contributed by atoms with Gasteiger partial charge in [0.2, 0.25) is 0 Å². The third-order valence-corrected chi connectivity index (χ3v) is 4.21. The number of benzene rings is 1. The first-order valence-electron chi connectivity index (χ1n) is 7.33. The molecule has 0 bridgehead atoms. The summed E-state index contributed by atoms with van der Waals surface area (Å²) in [6, 6.07) is 5.31. The van der Waals surface area contributed by atoms with Crippen LogP contribution in [0.4, 0.5) is 10.1 Å². The van der Waals surface area contributed by atoms with Crippen LogP contribution in [0.15, 0.2) is 18.2 Å². The van der Waals surface area contributed by atoms with Crippen LogP contribution in [-0.2, 0) is 0 Å². The third-order valence-electron chi connectivity index (χ3n) is 4.21. The molecule has 0 radical (unpaired) electrons. The second-order valence-corrected chi connectivity index (χ2v) is 5.47. The number of hydrogen-bond donors (Lipinski definition) is 0. The maximum atomic E-state index is 14.1. The summed E-state index contributed by atoms with van der Waals surface area (Å²) in [6.07, 6.45) is 1.12. The Morgan fingerprint density at radius 3 is 2.50 bits per heavy atom. The second kappa shape index (κ2) is 6.35. The van der Waals surface area contributed by atoms with Gasteiger partial charge in [0.05, 0.1) is 5.69 Å². The van der Waals surface area contributed by atoms with Crippen LogP contribution in [-0.4, -0.2) is 42.9 Å². The van der Waals surface area contributed by atoms with Crippen LogP contribution in [0.2, 0.25) is 0 Å². The van der Waals surface area contributed by atoms with Gasteiger partial charge in [-0.3, -0.25) is 9.69 Å². The second-order valence-electron chi connectivity index (χ2n) is 5.47. The van der Waals surface area contributed by atoms with Crippen LogP contribution in [0, 0.1) is 5.82 Å². The lowest BCUT2D eigenvalue weighted by Gasteiger charge is -2.39. The van der Waals surface area contributed by atoms with Crippen LogP contribution in [0.3, 0.4) is 0 Å². The van der Waals surface area contributed by atoms with E-state index >= 15 is 0 Å². The average molecular weight is 278 g/mol. The molecule has 1 unspecified atom stereocenters. The highest BCUT2D eigenvalue weighted by Crippen LogP contribution is 2.26. The highest BCUT2D eigenvalue weighted by atomic mass is 19.1. The van der Waals surface area contributed by atoms with E-state index in [1.54, 1.807) is 12.1 Å². The van der Waals surface area contributed by atoms with Crippen molar-refractivity contribution in [2.24, 2.45) is 0 Å². The Hall–Kier alpha value is -1.42. The molecule has 0 N–H and O–H groups in total. The standard InChI is InChI=1S/C16H23FN2O/c1-4-12(2)18-8-10-19(11-9-18)16-14(13(3)20)6-5-7-15(16)17/h5-7,12H,4,8-11H2,1-3H3. The van der Waals surface area contributed by atoms with Gasteiger partial charge in [-0.15, -0.1) is 0 Å². The molecule has 0 saturated carbocycles. The van der Waals surface area contributed by atoms with E-state index in [0.29, 0.717) is 17.3 Å². The molecule has 110 valence electrons. The molecule has 0 aromatic heterocycles. The van der Waals surface area contributed by atoms with Crippen molar-refractivity contribution in [1.82, 2.24) is 4.90 Å². The van der Waals surface area contributed by atoms with Crippen molar-refractivity contribution in [1.29, 1.82) is 0 Å². The van der Waals surface area contributed by atoms with Crippen LogP contribution >= 0.6 is 0 Å². The van der Waals surface area contributed by atoms with Gasteiger partial charge in [-0.2, -0.15) is 0 Å². The molecule has 4 heteroatoms. The minimum absolute atomic E-state index is 0.0798. The van der Waals surface area contributed by atoms with Crippen molar-refractivity contribution in [3.8, 4) is 0 Å². The number of halogens is 1. The number of anilines is 1. The summed E-state index contributed by atoms with van der Waals surface area (Å²) in [4.78, 5) is 16.1. The number of carbonyl (C=O) groups excluding carboxylic acids is 1. The maximum Gasteiger partial charge on any atom is 0.161 e. The summed E-state index contributed by atoms with van der Waals surface area (Å²) in [6.45, 7) is 9.27.